The van der Waals surface area contributed by atoms with Crippen LogP contribution in [-0.4, -0.2) is 49.1 Å². The lowest BCUT2D eigenvalue weighted by Gasteiger charge is -2.13. The van der Waals surface area contributed by atoms with E-state index in [1.807, 2.05) is 0 Å². The van der Waals surface area contributed by atoms with Crippen LogP contribution in [0.5, 0.6) is 0 Å². The highest BCUT2D eigenvalue weighted by Crippen LogP contribution is 2.28. The Balaban J connectivity index is 2.21. The van der Waals surface area contributed by atoms with Crippen LogP contribution in [0, 0.1) is 5.41 Å². The highest BCUT2D eigenvalue weighted by molar-refractivity contribution is 5.90. The summed E-state index contributed by atoms with van der Waals surface area (Å²) >= 11 is 0. The van der Waals surface area contributed by atoms with Crippen LogP contribution in [0.1, 0.15) is 19.0 Å². The number of aromatic nitrogens is 3. The summed E-state index contributed by atoms with van der Waals surface area (Å²) in [5.41, 5.74) is 5.21. The van der Waals surface area contributed by atoms with E-state index < -0.39 is 24.5 Å². The molecule has 1 aromatic heterocycles. The van der Waals surface area contributed by atoms with Gasteiger partial charge >= 0.3 is 0 Å². The molecule has 16 heavy (non-hydrogen) atoms. The molecule has 0 aromatic carbocycles. The van der Waals surface area contributed by atoms with E-state index in [4.69, 9.17) is 15.9 Å². The van der Waals surface area contributed by atoms with Crippen molar-refractivity contribution in [3.63, 3.8) is 0 Å². The van der Waals surface area contributed by atoms with Crippen LogP contribution in [-0.2, 0) is 4.74 Å². The van der Waals surface area contributed by atoms with Crippen molar-refractivity contribution in [3.8, 4) is 0 Å². The highest BCUT2D eigenvalue weighted by Gasteiger charge is 2.41. The molecule has 1 aliphatic rings. The maximum Gasteiger partial charge on any atom is 0.215 e. The number of hydrogen-bond acceptors (Lipinski definition) is 6. The first-order valence-corrected chi connectivity index (χ1v) is 4.78. The van der Waals surface area contributed by atoms with E-state index in [1.165, 1.54) is 11.0 Å². The topological polar surface area (TPSA) is 130 Å². The number of nitrogen functional groups attached to an aromatic ring is 1. The normalized spacial score (nSPS) is 34.2. The molecule has 2 heterocycles. The molecule has 1 aliphatic heterocycles. The largest absolute Gasteiger partial charge is 0.388 e. The fourth-order valence-electron chi connectivity index (χ4n) is 1.57. The molecule has 0 saturated carbocycles. The standard InChI is InChI=1S/C8H13N5O3/c1-3-4(14)5(15)8(16-3)13-2-11-7(12-13)6(9)10/h2-5,8,14-15H,1H3,(H3,9,10)/t3-,4-,5-,8?/m1/s1. The van der Waals surface area contributed by atoms with Crippen molar-refractivity contribution < 1.29 is 14.9 Å². The molecule has 8 heteroatoms. The van der Waals surface area contributed by atoms with Crippen LogP contribution in [0.2, 0.25) is 0 Å². The number of nitrogens with zero attached hydrogens (tertiary/aromatic N) is 3. The third kappa shape index (κ3) is 1.66. The zero-order chi connectivity index (χ0) is 11.9. The molecule has 2 rings (SSSR count). The minimum atomic E-state index is -1.07. The van der Waals surface area contributed by atoms with Gasteiger partial charge in [0.2, 0.25) is 5.82 Å². The summed E-state index contributed by atoms with van der Waals surface area (Å²) in [5, 5.41) is 30.2. The van der Waals surface area contributed by atoms with Crippen molar-refractivity contribution in [2.75, 3.05) is 0 Å². The van der Waals surface area contributed by atoms with Crippen LogP contribution in [0.3, 0.4) is 0 Å². The second-order valence-corrected chi connectivity index (χ2v) is 3.67. The Bertz CT molecular complexity index is 406. The quantitative estimate of drug-likeness (QED) is 0.348. The lowest BCUT2D eigenvalue weighted by atomic mass is 10.1. The SMILES string of the molecule is C[C@H]1OC(n2cnc(C(=N)N)n2)[C@H](O)[C@@H]1O. The molecule has 0 bridgehead atoms. The molecular formula is C8H13N5O3. The first-order chi connectivity index (χ1) is 7.50. The minimum Gasteiger partial charge on any atom is -0.388 e. The molecule has 0 aliphatic carbocycles. The third-order valence-electron chi connectivity index (χ3n) is 2.49. The summed E-state index contributed by atoms with van der Waals surface area (Å²) in [4.78, 5) is 3.77. The lowest BCUT2D eigenvalue weighted by molar-refractivity contribution is -0.0399. The van der Waals surface area contributed by atoms with Gasteiger partial charge in [-0.15, -0.1) is 5.10 Å². The average Bonchev–Trinajstić information content (AvgIpc) is 2.79. The molecule has 4 atom stereocenters. The Morgan fingerprint density at radius 1 is 1.56 bits per heavy atom. The van der Waals surface area contributed by atoms with Gasteiger partial charge in [-0.1, -0.05) is 0 Å². The molecule has 88 valence electrons. The number of nitrogens with two attached hydrogens (primary N) is 1. The fraction of sp³-hybridized carbons (Fsp3) is 0.625. The van der Waals surface area contributed by atoms with Crippen molar-refractivity contribution in [3.05, 3.63) is 12.2 Å². The predicted octanol–water partition coefficient (Wildman–Crippen LogP) is -1.80. The van der Waals surface area contributed by atoms with Crippen molar-refractivity contribution >= 4 is 5.84 Å². The number of rotatable bonds is 2. The monoisotopic (exact) mass is 227 g/mol. The Kier molecular flexibility index (Phi) is 2.62. The van der Waals surface area contributed by atoms with E-state index in [2.05, 4.69) is 10.1 Å². The van der Waals surface area contributed by atoms with Crippen molar-refractivity contribution in [1.82, 2.24) is 14.8 Å². The van der Waals surface area contributed by atoms with Gasteiger partial charge in [-0.05, 0) is 6.92 Å². The molecule has 5 N–H and O–H groups in total. The summed E-state index contributed by atoms with van der Waals surface area (Å²) < 4.78 is 6.56. The van der Waals surface area contributed by atoms with E-state index in [9.17, 15) is 10.2 Å². The van der Waals surface area contributed by atoms with Gasteiger partial charge < -0.3 is 20.7 Å². The molecule has 1 aromatic rings. The fourth-order valence-corrected chi connectivity index (χ4v) is 1.57. The molecule has 1 unspecified atom stereocenters. The Labute approximate surface area is 91.2 Å². The zero-order valence-electron chi connectivity index (χ0n) is 8.61. The number of nitrogens with one attached hydrogen (secondary N) is 1. The van der Waals surface area contributed by atoms with Gasteiger partial charge in [0.15, 0.2) is 12.1 Å². The van der Waals surface area contributed by atoms with Gasteiger partial charge in [-0.3, -0.25) is 5.41 Å². The Hall–Kier alpha value is -1.51. The number of amidine groups is 1. The molecule has 0 amide bonds. The summed E-state index contributed by atoms with van der Waals surface area (Å²) in [6.07, 6.45) is -2.02. The van der Waals surface area contributed by atoms with Gasteiger partial charge in [0.1, 0.15) is 18.5 Å². The lowest BCUT2D eigenvalue weighted by Crippen LogP contribution is -2.30. The number of aliphatic hydroxyl groups excluding tert-OH is 2. The first kappa shape index (κ1) is 11.0. The van der Waals surface area contributed by atoms with Crippen LogP contribution in [0.25, 0.3) is 0 Å². The van der Waals surface area contributed by atoms with Crippen molar-refractivity contribution in [2.24, 2.45) is 5.73 Å². The van der Waals surface area contributed by atoms with E-state index in [0.717, 1.165) is 0 Å². The van der Waals surface area contributed by atoms with Gasteiger partial charge in [0.25, 0.3) is 0 Å². The smallest absolute Gasteiger partial charge is 0.215 e. The molecule has 0 radical (unpaired) electrons. The Morgan fingerprint density at radius 3 is 2.69 bits per heavy atom. The molecule has 1 saturated heterocycles. The Morgan fingerprint density at radius 2 is 2.25 bits per heavy atom. The van der Waals surface area contributed by atoms with Crippen LogP contribution in [0.4, 0.5) is 0 Å². The second-order valence-electron chi connectivity index (χ2n) is 3.67. The van der Waals surface area contributed by atoms with E-state index in [1.54, 1.807) is 6.92 Å². The van der Waals surface area contributed by atoms with Gasteiger partial charge in [-0.25, -0.2) is 9.67 Å². The van der Waals surface area contributed by atoms with Crippen molar-refractivity contribution in [1.29, 1.82) is 5.41 Å². The van der Waals surface area contributed by atoms with Crippen molar-refractivity contribution in [2.45, 2.75) is 31.5 Å². The summed E-state index contributed by atoms with van der Waals surface area (Å²) in [6, 6.07) is 0. The molecule has 8 nitrogen and oxygen atoms in total. The summed E-state index contributed by atoms with van der Waals surface area (Å²) in [6.45, 7) is 1.65. The molecule has 1 fully saturated rings. The molecular weight excluding hydrogens is 214 g/mol. The van der Waals surface area contributed by atoms with Gasteiger partial charge in [0.05, 0.1) is 6.10 Å². The number of hydrogen-bond donors (Lipinski definition) is 4. The van der Waals surface area contributed by atoms with Crippen LogP contribution < -0.4 is 5.73 Å². The number of aliphatic hydroxyl groups is 2. The van der Waals surface area contributed by atoms with Crippen LogP contribution >= 0.6 is 0 Å². The van der Waals surface area contributed by atoms with Gasteiger partial charge in [0, 0.05) is 0 Å². The van der Waals surface area contributed by atoms with Crippen LogP contribution in [0.15, 0.2) is 6.33 Å². The van der Waals surface area contributed by atoms with E-state index in [-0.39, 0.29) is 11.7 Å². The maximum absolute atomic E-state index is 9.68. The highest BCUT2D eigenvalue weighted by atomic mass is 16.6. The zero-order valence-corrected chi connectivity index (χ0v) is 8.61. The molecule has 0 spiro atoms. The average molecular weight is 227 g/mol. The number of ether oxygens (including phenoxy) is 1. The maximum atomic E-state index is 9.68. The summed E-state index contributed by atoms with van der Waals surface area (Å²) in [5.74, 6) is -0.204. The van der Waals surface area contributed by atoms with E-state index >= 15 is 0 Å². The first-order valence-electron chi connectivity index (χ1n) is 4.78. The summed E-state index contributed by atoms with van der Waals surface area (Å²) in [7, 11) is 0. The second kappa shape index (κ2) is 3.81. The van der Waals surface area contributed by atoms with Gasteiger partial charge in [-0.2, -0.15) is 0 Å². The predicted molar refractivity (Wildman–Crippen MR) is 52.6 cm³/mol. The van der Waals surface area contributed by atoms with E-state index in [0.29, 0.717) is 0 Å². The minimum absolute atomic E-state index is 0.0600. The third-order valence-corrected chi connectivity index (χ3v) is 2.49.